The summed E-state index contributed by atoms with van der Waals surface area (Å²) >= 11 is 1.60. The van der Waals surface area contributed by atoms with Crippen LogP contribution in [-0.4, -0.2) is 22.0 Å². The molecular weight excluding hydrogens is 324 g/mol. The van der Waals surface area contributed by atoms with Gasteiger partial charge in [-0.1, -0.05) is 25.0 Å². The number of aromatic nitrogens is 1. The second-order valence-corrected chi connectivity index (χ2v) is 7.07. The number of thiazole rings is 1. The topological polar surface area (TPSA) is 79.3 Å². The van der Waals surface area contributed by atoms with Crippen LogP contribution in [0.3, 0.4) is 0 Å². The number of hydrogen-bond donors (Lipinski definition) is 2. The number of carbonyl (C=O) groups is 2. The Morgan fingerprint density at radius 1 is 1.21 bits per heavy atom. The first-order chi connectivity index (χ1) is 11.6. The molecule has 0 aliphatic heterocycles. The van der Waals surface area contributed by atoms with E-state index in [1.807, 2.05) is 5.38 Å². The maximum atomic E-state index is 12.4. The summed E-state index contributed by atoms with van der Waals surface area (Å²) in [6.07, 6.45) is 6.88. The van der Waals surface area contributed by atoms with E-state index in [-0.39, 0.29) is 17.0 Å². The van der Waals surface area contributed by atoms with Gasteiger partial charge in [-0.2, -0.15) is 0 Å². The van der Waals surface area contributed by atoms with Crippen molar-refractivity contribution >= 4 is 23.2 Å². The molecule has 0 spiro atoms. The van der Waals surface area contributed by atoms with Crippen LogP contribution >= 0.6 is 11.3 Å². The second-order valence-electron chi connectivity index (χ2n) is 6.18. The standard InChI is InChI=1S/C18H20N2O3S/c21-15(8-5-13-3-6-14(7-4-13)16(22)23)20-18(9-1-2-10-18)17-19-11-12-24-17/h3-4,6-7,11-12H,1-2,5,8-10H2,(H,20,21)(H,22,23). The number of aromatic carboxylic acids is 1. The lowest BCUT2D eigenvalue weighted by Crippen LogP contribution is -2.43. The molecule has 5 nitrogen and oxygen atoms in total. The number of aryl methyl sites for hydroxylation is 1. The predicted molar refractivity (Wildman–Crippen MR) is 92.1 cm³/mol. The fourth-order valence-corrected chi connectivity index (χ4v) is 4.08. The van der Waals surface area contributed by atoms with E-state index in [1.165, 1.54) is 0 Å². The predicted octanol–water partition coefficient (Wildman–Crippen LogP) is 3.36. The zero-order valence-corrected chi connectivity index (χ0v) is 14.1. The summed E-state index contributed by atoms with van der Waals surface area (Å²) in [4.78, 5) is 27.7. The van der Waals surface area contributed by atoms with E-state index in [4.69, 9.17) is 5.11 Å². The van der Waals surface area contributed by atoms with E-state index >= 15 is 0 Å². The van der Waals surface area contributed by atoms with Gasteiger partial charge >= 0.3 is 5.97 Å². The largest absolute Gasteiger partial charge is 0.478 e. The van der Waals surface area contributed by atoms with Crippen molar-refractivity contribution in [1.82, 2.24) is 10.3 Å². The van der Waals surface area contributed by atoms with Crippen LogP contribution in [0.5, 0.6) is 0 Å². The van der Waals surface area contributed by atoms with Crippen molar-refractivity contribution in [3.8, 4) is 0 Å². The molecule has 0 atom stereocenters. The Labute approximate surface area is 144 Å². The maximum Gasteiger partial charge on any atom is 0.335 e. The van der Waals surface area contributed by atoms with Gasteiger partial charge in [0.15, 0.2) is 0 Å². The minimum absolute atomic E-state index is 0.0226. The van der Waals surface area contributed by atoms with E-state index in [1.54, 1.807) is 41.8 Å². The fraction of sp³-hybridized carbons (Fsp3) is 0.389. The molecule has 0 saturated heterocycles. The van der Waals surface area contributed by atoms with Gasteiger partial charge in [-0.25, -0.2) is 9.78 Å². The molecule has 126 valence electrons. The highest BCUT2D eigenvalue weighted by Crippen LogP contribution is 2.39. The van der Waals surface area contributed by atoms with Crippen molar-refractivity contribution in [2.24, 2.45) is 0 Å². The van der Waals surface area contributed by atoms with Crippen LogP contribution in [0.15, 0.2) is 35.8 Å². The van der Waals surface area contributed by atoms with Gasteiger partial charge in [0.25, 0.3) is 0 Å². The Bertz CT molecular complexity index is 704. The third-order valence-corrected chi connectivity index (χ3v) is 5.50. The quantitative estimate of drug-likeness (QED) is 0.842. The average molecular weight is 344 g/mol. The van der Waals surface area contributed by atoms with Gasteiger partial charge in [0, 0.05) is 18.0 Å². The molecule has 2 N–H and O–H groups in total. The van der Waals surface area contributed by atoms with Gasteiger partial charge in [0.2, 0.25) is 5.91 Å². The Balaban J connectivity index is 1.59. The number of nitrogens with zero attached hydrogens (tertiary/aromatic N) is 1. The smallest absolute Gasteiger partial charge is 0.335 e. The lowest BCUT2D eigenvalue weighted by atomic mass is 9.97. The highest BCUT2D eigenvalue weighted by molar-refractivity contribution is 7.09. The van der Waals surface area contributed by atoms with Gasteiger partial charge in [-0.05, 0) is 37.0 Å². The van der Waals surface area contributed by atoms with Gasteiger partial charge < -0.3 is 10.4 Å². The maximum absolute atomic E-state index is 12.4. The second kappa shape index (κ2) is 7.13. The van der Waals surface area contributed by atoms with Crippen LogP contribution in [0, 0.1) is 0 Å². The highest BCUT2D eigenvalue weighted by Gasteiger charge is 2.39. The number of amides is 1. The summed E-state index contributed by atoms with van der Waals surface area (Å²) in [5.74, 6) is -0.916. The van der Waals surface area contributed by atoms with Gasteiger partial charge in [0.05, 0.1) is 11.1 Å². The zero-order chi connectivity index (χ0) is 17.0. The number of carboxylic acid groups (broad SMARTS) is 1. The first kappa shape index (κ1) is 16.6. The molecule has 0 bridgehead atoms. The van der Waals surface area contributed by atoms with Crippen LogP contribution in [-0.2, 0) is 16.8 Å². The Morgan fingerprint density at radius 2 is 1.92 bits per heavy atom. The number of nitrogens with one attached hydrogen (secondary N) is 1. The molecular formula is C18H20N2O3S. The van der Waals surface area contributed by atoms with Crippen molar-refractivity contribution in [2.75, 3.05) is 0 Å². The van der Waals surface area contributed by atoms with Crippen LogP contribution in [0.2, 0.25) is 0 Å². The summed E-state index contributed by atoms with van der Waals surface area (Å²) < 4.78 is 0. The monoisotopic (exact) mass is 344 g/mol. The molecule has 1 aromatic carbocycles. The first-order valence-electron chi connectivity index (χ1n) is 8.12. The molecule has 0 radical (unpaired) electrons. The fourth-order valence-electron chi connectivity index (χ4n) is 3.23. The number of benzene rings is 1. The molecule has 1 fully saturated rings. The van der Waals surface area contributed by atoms with E-state index in [9.17, 15) is 9.59 Å². The molecule has 1 aliphatic carbocycles. The van der Waals surface area contributed by atoms with Crippen molar-refractivity contribution in [3.63, 3.8) is 0 Å². The first-order valence-corrected chi connectivity index (χ1v) is 9.00. The van der Waals surface area contributed by atoms with Crippen molar-refractivity contribution in [3.05, 3.63) is 52.0 Å². The summed E-state index contributed by atoms with van der Waals surface area (Å²) in [5, 5.41) is 15.1. The third-order valence-electron chi connectivity index (χ3n) is 4.52. The number of hydrogen-bond acceptors (Lipinski definition) is 4. The van der Waals surface area contributed by atoms with Gasteiger partial charge in [-0.15, -0.1) is 11.3 Å². The van der Waals surface area contributed by atoms with E-state index in [2.05, 4.69) is 10.3 Å². The third kappa shape index (κ3) is 3.64. The lowest BCUT2D eigenvalue weighted by Gasteiger charge is -2.28. The van der Waals surface area contributed by atoms with E-state index < -0.39 is 5.97 Å². The Kier molecular flexibility index (Phi) is 4.94. The van der Waals surface area contributed by atoms with Crippen molar-refractivity contribution < 1.29 is 14.7 Å². The summed E-state index contributed by atoms with van der Waals surface area (Å²) in [7, 11) is 0. The van der Waals surface area contributed by atoms with E-state index in [0.29, 0.717) is 12.8 Å². The molecule has 1 heterocycles. The molecule has 1 amide bonds. The van der Waals surface area contributed by atoms with Crippen molar-refractivity contribution in [1.29, 1.82) is 0 Å². The minimum Gasteiger partial charge on any atom is -0.478 e. The average Bonchev–Trinajstić information content (AvgIpc) is 3.25. The van der Waals surface area contributed by atoms with Gasteiger partial charge in [-0.3, -0.25) is 4.79 Å². The van der Waals surface area contributed by atoms with E-state index in [0.717, 1.165) is 36.3 Å². The Hall–Kier alpha value is -2.21. The molecule has 24 heavy (non-hydrogen) atoms. The zero-order valence-electron chi connectivity index (χ0n) is 13.3. The summed E-state index contributed by atoms with van der Waals surface area (Å²) in [6, 6.07) is 6.68. The SMILES string of the molecule is O=C(CCc1ccc(C(=O)O)cc1)NC1(c2nccs2)CCCC1. The summed E-state index contributed by atoms with van der Waals surface area (Å²) in [6.45, 7) is 0. The van der Waals surface area contributed by atoms with Crippen LogP contribution < -0.4 is 5.32 Å². The van der Waals surface area contributed by atoms with Crippen molar-refractivity contribution in [2.45, 2.75) is 44.1 Å². The lowest BCUT2D eigenvalue weighted by molar-refractivity contribution is -0.123. The summed E-state index contributed by atoms with van der Waals surface area (Å²) in [5.41, 5.74) is 0.931. The van der Waals surface area contributed by atoms with Crippen LogP contribution in [0.4, 0.5) is 0 Å². The van der Waals surface area contributed by atoms with Crippen LogP contribution in [0.25, 0.3) is 0 Å². The van der Waals surface area contributed by atoms with Gasteiger partial charge in [0.1, 0.15) is 5.01 Å². The number of rotatable bonds is 6. The molecule has 6 heteroatoms. The molecule has 3 rings (SSSR count). The molecule has 2 aromatic rings. The molecule has 1 aliphatic rings. The normalized spacial score (nSPS) is 16.0. The minimum atomic E-state index is -0.939. The number of carbonyl (C=O) groups excluding carboxylic acids is 1. The molecule has 1 aromatic heterocycles. The number of carboxylic acids is 1. The Morgan fingerprint density at radius 3 is 2.50 bits per heavy atom. The molecule has 1 saturated carbocycles. The van der Waals surface area contributed by atoms with Crippen LogP contribution in [0.1, 0.15) is 53.0 Å². The highest BCUT2D eigenvalue weighted by atomic mass is 32.1. The molecule has 0 unspecified atom stereocenters.